The van der Waals surface area contributed by atoms with Crippen LogP contribution in [0.25, 0.3) is 0 Å². The Morgan fingerprint density at radius 2 is 2.05 bits per heavy atom. The number of aromatic nitrogens is 1. The first kappa shape index (κ1) is 15.0. The maximum atomic E-state index is 12.2. The highest BCUT2D eigenvalue weighted by molar-refractivity contribution is 5.91. The first-order valence-electron chi connectivity index (χ1n) is 7.18. The van der Waals surface area contributed by atoms with Crippen LogP contribution < -0.4 is 10.6 Å². The Morgan fingerprint density at radius 1 is 1.24 bits per heavy atom. The SMILES string of the molecule is CCc1cccc(C)c1NC(=O)NC(C)c1ccccn1. The van der Waals surface area contributed by atoms with Gasteiger partial charge in [0, 0.05) is 11.9 Å². The molecule has 0 bridgehead atoms. The highest BCUT2D eigenvalue weighted by Crippen LogP contribution is 2.21. The summed E-state index contributed by atoms with van der Waals surface area (Å²) in [4.78, 5) is 16.4. The van der Waals surface area contributed by atoms with Crippen molar-refractivity contribution in [3.63, 3.8) is 0 Å². The van der Waals surface area contributed by atoms with Gasteiger partial charge in [0.2, 0.25) is 0 Å². The van der Waals surface area contributed by atoms with E-state index in [0.717, 1.165) is 28.9 Å². The zero-order valence-electron chi connectivity index (χ0n) is 12.7. The van der Waals surface area contributed by atoms with Crippen molar-refractivity contribution in [2.24, 2.45) is 0 Å². The Labute approximate surface area is 125 Å². The molecule has 2 amide bonds. The zero-order chi connectivity index (χ0) is 15.2. The number of amides is 2. The van der Waals surface area contributed by atoms with Crippen molar-refractivity contribution in [1.82, 2.24) is 10.3 Å². The lowest BCUT2D eigenvalue weighted by Crippen LogP contribution is -2.32. The first-order chi connectivity index (χ1) is 10.1. The quantitative estimate of drug-likeness (QED) is 0.895. The van der Waals surface area contributed by atoms with Gasteiger partial charge in [0.1, 0.15) is 0 Å². The molecule has 0 fully saturated rings. The number of carbonyl (C=O) groups is 1. The summed E-state index contributed by atoms with van der Waals surface area (Å²) in [5.74, 6) is 0. The van der Waals surface area contributed by atoms with Crippen LogP contribution in [0.3, 0.4) is 0 Å². The molecular formula is C17H21N3O. The summed E-state index contributed by atoms with van der Waals surface area (Å²) in [5.41, 5.74) is 3.93. The topological polar surface area (TPSA) is 54.0 Å². The second-order valence-corrected chi connectivity index (χ2v) is 5.04. The van der Waals surface area contributed by atoms with Gasteiger partial charge >= 0.3 is 6.03 Å². The third kappa shape index (κ3) is 3.81. The Kier molecular flexibility index (Phi) is 4.93. The number of aryl methyl sites for hydroxylation is 2. The number of hydrogen-bond donors (Lipinski definition) is 2. The highest BCUT2D eigenvalue weighted by Gasteiger charge is 2.12. The number of nitrogens with zero attached hydrogens (tertiary/aromatic N) is 1. The van der Waals surface area contributed by atoms with Crippen molar-refractivity contribution in [1.29, 1.82) is 0 Å². The van der Waals surface area contributed by atoms with E-state index < -0.39 is 0 Å². The van der Waals surface area contributed by atoms with Gasteiger partial charge in [-0.3, -0.25) is 4.98 Å². The van der Waals surface area contributed by atoms with Crippen molar-refractivity contribution in [2.45, 2.75) is 33.2 Å². The molecule has 0 radical (unpaired) electrons. The van der Waals surface area contributed by atoms with Crippen LogP contribution in [0.1, 0.15) is 36.7 Å². The lowest BCUT2D eigenvalue weighted by Gasteiger charge is -2.17. The predicted octanol–water partition coefficient (Wildman–Crippen LogP) is 3.84. The van der Waals surface area contributed by atoms with Crippen LogP contribution in [0.5, 0.6) is 0 Å². The zero-order valence-corrected chi connectivity index (χ0v) is 12.7. The van der Waals surface area contributed by atoms with Gasteiger partial charge in [0.05, 0.1) is 11.7 Å². The molecule has 0 saturated heterocycles. The smallest absolute Gasteiger partial charge is 0.319 e. The van der Waals surface area contributed by atoms with E-state index in [-0.39, 0.29) is 12.1 Å². The summed E-state index contributed by atoms with van der Waals surface area (Å²) in [5, 5.41) is 5.86. The summed E-state index contributed by atoms with van der Waals surface area (Å²) in [6.45, 7) is 5.99. The molecule has 1 heterocycles. The molecule has 0 aliphatic carbocycles. The van der Waals surface area contributed by atoms with E-state index in [1.54, 1.807) is 6.20 Å². The fourth-order valence-electron chi connectivity index (χ4n) is 2.25. The van der Waals surface area contributed by atoms with E-state index in [9.17, 15) is 4.79 Å². The molecule has 0 aliphatic heterocycles. The van der Waals surface area contributed by atoms with Gasteiger partial charge < -0.3 is 10.6 Å². The molecule has 2 N–H and O–H groups in total. The van der Waals surface area contributed by atoms with Crippen molar-refractivity contribution < 1.29 is 4.79 Å². The third-order valence-corrected chi connectivity index (χ3v) is 3.46. The van der Waals surface area contributed by atoms with Gasteiger partial charge in [-0.25, -0.2) is 4.79 Å². The molecular weight excluding hydrogens is 262 g/mol. The summed E-state index contributed by atoms with van der Waals surface area (Å²) < 4.78 is 0. The second-order valence-electron chi connectivity index (χ2n) is 5.04. The average molecular weight is 283 g/mol. The second kappa shape index (κ2) is 6.88. The first-order valence-corrected chi connectivity index (χ1v) is 7.18. The molecule has 21 heavy (non-hydrogen) atoms. The summed E-state index contributed by atoms with van der Waals surface area (Å²) in [6, 6.07) is 11.4. The van der Waals surface area contributed by atoms with Crippen LogP contribution in [0.4, 0.5) is 10.5 Å². The maximum Gasteiger partial charge on any atom is 0.319 e. The monoisotopic (exact) mass is 283 g/mol. The predicted molar refractivity (Wildman–Crippen MR) is 85.4 cm³/mol. The Balaban J connectivity index is 2.06. The van der Waals surface area contributed by atoms with E-state index in [0.29, 0.717) is 0 Å². The minimum atomic E-state index is -0.211. The molecule has 2 rings (SSSR count). The van der Waals surface area contributed by atoms with Gasteiger partial charge in [-0.1, -0.05) is 31.2 Å². The molecule has 1 unspecified atom stereocenters. The molecule has 0 spiro atoms. The average Bonchev–Trinajstić information content (AvgIpc) is 2.50. The summed E-state index contributed by atoms with van der Waals surface area (Å²) in [6.07, 6.45) is 2.61. The van der Waals surface area contributed by atoms with E-state index >= 15 is 0 Å². The molecule has 4 heteroatoms. The van der Waals surface area contributed by atoms with E-state index in [1.807, 2.05) is 50.2 Å². The van der Waals surface area contributed by atoms with Crippen LogP contribution in [-0.2, 0) is 6.42 Å². The molecule has 1 aromatic heterocycles. The number of nitrogens with one attached hydrogen (secondary N) is 2. The van der Waals surface area contributed by atoms with Gasteiger partial charge in [-0.05, 0) is 43.5 Å². The van der Waals surface area contributed by atoms with Crippen LogP contribution in [0.15, 0.2) is 42.6 Å². The molecule has 1 atom stereocenters. The number of pyridine rings is 1. The fourth-order valence-corrected chi connectivity index (χ4v) is 2.25. The number of carbonyl (C=O) groups excluding carboxylic acids is 1. The fraction of sp³-hybridized carbons (Fsp3) is 0.294. The molecule has 4 nitrogen and oxygen atoms in total. The van der Waals surface area contributed by atoms with Gasteiger partial charge in [-0.15, -0.1) is 0 Å². The maximum absolute atomic E-state index is 12.2. The van der Waals surface area contributed by atoms with Crippen LogP contribution in [0.2, 0.25) is 0 Å². The van der Waals surface area contributed by atoms with Gasteiger partial charge in [0.25, 0.3) is 0 Å². The normalized spacial score (nSPS) is 11.8. The van der Waals surface area contributed by atoms with Crippen molar-refractivity contribution in [3.8, 4) is 0 Å². The number of anilines is 1. The molecule has 110 valence electrons. The number of benzene rings is 1. The molecule has 0 aliphatic rings. The van der Waals surface area contributed by atoms with E-state index in [4.69, 9.17) is 0 Å². The van der Waals surface area contributed by atoms with Gasteiger partial charge in [-0.2, -0.15) is 0 Å². The Bertz CT molecular complexity index is 611. The van der Waals surface area contributed by atoms with Crippen LogP contribution in [0, 0.1) is 6.92 Å². The number of para-hydroxylation sites is 1. The summed E-state index contributed by atoms with van der Waals surface area (Å²) in [7, 11) is 0. The highest BCUT2D eigenvalue weighted by atomic mass is 16.2. The van der Waals surface area contributed by atoms with Crippen molar-refractivity contribution in [2.75, 3.05) is 5.32 Å². The van der Waals surface area contributed by atoms with Crippen molar-refractivity contribution >= 4 is 11.7 Å². The standard InChI is InChI=1S/C17H21N3O/c1-4-14-9-7-8-12(2)16(14)20-17(21)19-13(3)15-10-5-6-11-18-15/h5-11,13H,4H2,1-3H3,(H2,19,20,21). The van der Waals surface area contributed by atoms with E-state index in [1.165, 1.54) is 0 Å². The number of rotatable bonds is 4. The van der Waals surface area contributed by atoms with E-state index in [2.05, 4.69) is 22.5 Å². The molecule has 2 aromatic rings. The Hall–Kier alpha value is -2.36. The molecule has 0 saturated carbocycles. The largest absolute Gasteiger partial charge is 0.330 e. The number of hydrogen-bond acceptors (Lipinski definition) is 2. The van der Waals surface area contributed by atoms with Crippen LogP contribution in [-0.4, -0.2) is 11.0 Å². The third-order valence-electron chi connectivity index (χ3n) is 3.46. The van der Waals surface area contributed by atoms with Crippen LogP contribution >= 0.6 is 0 Å². The van der Waals surface area contributed by atoms with Gasteiger partial charge in [0.15, 0.2) is 0 Å². The lowest BCUT2D eigenvalue weighted by molar-refractivity contribution is 0.249. The lowest BCUT2D eigenvalue weighted by atomic mass is 10.1. The Morgan fingerprint density at radius 3 is 2.71 bits per heavy atom. The minimum absolute atomic E-state index is 0.139. The molecule has 1 aromatic carbocycles. The summed E-state index contributed by atoms with van der Waals surface area (Å²) >= 11 is 0. The van der Waals surface area contributed by atoms with Crippen molar-refractivity contribution in [3.05, 3.63) is 59.4 Å². The minimum Gasteiger partial charge on any atom is -0.330 e. The number of urea groups is 1.